The molecule has 0 aliphatic heterocycles. The number of pyridine rings is 1. The van der Waals surface area contributed by atoms with Crippen molar-refractivity contribution in [2.45, 2.75) is 18.4 Å². The minimum absolute atomic E-state index is 0.336. The Labute approximate surface area is 111 Å². The van der Waals surface area contributed by atoms with Crippen LogP contribution in [0.3, 0.4) is 0 Å². The van der Waals surface area contributed by atoms with Gasteiger partial charge in [-0.25, -0.2) is 0 Å². The van der Waals surface area contributed by atoms with E-state index in [1.165, 1.54) is 10.9 Å². The molecular formula is C16H15N3. The predicted molar refractivity (Wildman–Crippen MR) is 76.9 cm³/mol. The highest BCUT2D eigenvalue weighted by molar-refractivity contribution is 5.84. The second-order valence-electron chi connectivity index (χ2n) is 5.26. The Morgan fingerprint density at radius 1 is 1.16 bits per heavy atom. The first-order valence-corrected chi connectivity index (χ1v) is 6.60. The zero-order valence-electron chi connectivity index (χ0n) is 10.5. The number of nitrogens with zero attached hydrogens (tertiary/aromatic N) is 1. The van der Waals surface area contributed by atoms with E-state index in [0.29, 0.717) is 12.0 Å². The summed E-state index contributed by atoms with van der Waals surface area (Å²) >= 11 is 0. The lowest BCUT2D eigenvalue weighted by Crippen LogP contribution is -2.01. The Bertz CT molecular complexity index is 727. The maximum absolute atomic E-state index is 5.87. The van der Waals surface area contributed by atoms with Gasteiger partial charge >= 0.3 is 0 Å². The lowest BCUT2D eigenvalue weighted by atomic mass is 10.1. The van der Waals surface area contributed by atoms with Gasteiger partial charge in [0.25, 0.3) is 0 Å². The van der Waals surface area contributed by atoms with Crippen LogP contribution in [0.25, 0.3) is 22.2 Å². The van der Waals surface area contributed by atoms with Gasteiger partial charge in [0.2, 0.25) is 0 Å². The number of rotatable bonds is 2. The van der Waals surface area contributed by atoms with Crippen molar-refractivity contribution in [2.75, 3.05) is 0 Å². The molecule has 0 saturated heterocycles. The van der Waals surface area contributed by atoms with Gasteiger partial charge < -0.3 is 10.7 Å². The quantitative estimate of drug-likeness (QED) is 0.733. The predicted octanol–water partition coefficient (Wildman–Crippen LogP) is 3.04. The number of aromatic amines is 1. The molecule has 94 valence electrons. The van der Waals surface area contributed by atoms with E-state index in [1.807, 2.05) is 12.4 Å². The molecule has 0 spiro atoms. The average molecular weight is 249 g/mol. The smallest absolute Gasteiger partial charge is 0.0702 e. The summed E-state index contributed by atoms with van der Waals surface area (Å²) in [5, 5.41) is 1.23. The van der Waals surface area contributed by atoms with Crippen LogP contribution in [0.15, 0.2) is 48.8 Å². The molecule has 0 bridgehead atoms. The molecule has 3 aromatic rings. The zero-order chi connectivity index (χ0) is 12.8. The van der Waals surface area contributed by atoms with Gasteiger partial charge in [-0.05, 0) is 35.6 Å². The third-order valence-electron chi connectivity index (χ3n) is 3.91. The first-order chi connectivity index (χ1) is 9.31. The Kier molecular flexibility index (Phi) is 2.23. The van der Waals surface area contributed by atoms with Crippen molar-refractivity contribution in [3.63, 3.8) is 0 Å². The van der Waals surface area contributed by atoms with Crippen molar-refractivity contribution in [3.8, 4) is 11.3 Å². The van der Waals surface area contributed by atoms with Gasteiger partial charge in [-0.2, -0.15) is 0 Å². The van der Waals surface area contributed by atoms with Crippen LogP contribution < -0.4 is 5.73 Å². The van der Waals surface area contributed by atoms with Crippen molar-refractivity contribution >= 4 is 10.9 Å². The second kappa shape index (κ2) is 3.93. The molecule has 1 saturated carbocycles. The van der Waals surface area contributed by atoms with Crippen molar-refractivity contribution in [1.29, 1.82) is 0 Å². The van der Waals surface area contributed by atoms with E-state index in [-0.39, 0.29) is 0 Å². The fourth-order valence-corrected chi connectivity index (χ4v) is 2.60. The molecule has 1 aromatic carbocycles. The Morgan fingerprint density at radius 2 is 2.05 bits per heavy atom. The van der Waals surface area contributed by atoms with Crippen molar-refractivity contribution in [3.05, 3.63) is 54.4 Å². The van der Waals surface area contributed by atoms with E-state index < -0.39 is 0 Å². The van der Waals surface area contributed by atoms with E-state index >= 15 is 0 Å². The molecule has 0 radical (unpaired) electrons. The molecule has 2 heterocycles. The minimum Gasteiger partial charge on any atom is -0.361 e. The Hall–Kier alpha value is -2.13. The molecule has 4 rings (SSSR count). The third-order valence-corrected chi connectivity index (χ3v) is 3.91. The number of benzene rings is 1. The molecule has 2 aromatic heterocycles. The summed E-state index contributed by atoms with van der Waals surface area (Å²) in [5.74, 6) is 0.521. The fourth-order valence-electron chi connectivity index (χ4n) is 2.60. The molecule has 1 aliphatic rings. The molecule has 1 fully saturated rings. The van der Waals surface area contributed by atoms with Gasteiger partial charge in [-0.15, -0.1) is 0 Å². The van der Waals surface area contributed by atoms with Crippen LogP contribution in [-0.2, 0) is 0 Å². The summed E-state index contributed by atoms with van der Waals surface area (Å²) in [5.41, 5.74) is 10.4. The summed E-state index contributed by atoms with van der Waals surface area (Å²) in [6.07, 6.45) is 5.01. The van der Waals surface area contributed by atoms with Crippen molar-refractivity contribution < 1.29 is 0 Å². The Balaban J connectivity index is 1.70. The highest BCUT2D eigenvalue weighted by Crippen LogP contribution is 2.38. The highest BCUT2D eigenvalue weighted by atomic mass is 14.8. The summed E-state index contributed by atoms with van der Waals surface area (Å²) in [6.45, 7) is 0. The van der Waals surface area contributed by atoms with E-state index in [9.17, 15) is 0 Å². The van der Waals surface area contributed by atoms with E-state index in [1.54, 1.807) is 0 Å². The molecule has 3 heteroatoms. The van der Waals surface area contributed by atoms with Crippen molar-refractivity contribution in [1.82, 2.24) is 9.97 Å². The molecule has 2 unspecified atom stereocenters. The van der Waals surface area contributed by atoms with Crippen LogP contribution in [0.4, 0.5) is 0 Å². The van der Waals surface area contributed by atoms with Gasteiger partial charge in [0.15, 0.2) is 0 Å². The van der Waals surface area contributed by atoms with Crippen LogP contribution >= 0.6 is 0 Å². The SMILES string of the molecule is NC1CC1c1ccc(-c2ccc3cc[nH]c3c2)nc1. The highest BCUT2D eigenvalue weighted by Gasteiger charge is 2.34. The molecule has 3 N–H and O–H groups in total. The van der Waals surface area contributed by atoms with Crippen molar-refractivity contribution in [2.24, 2.45) is 5.73 Å². The number of hydrogen-bond donors (Lipinski definition) is 2. The van der Waals surface area contributed by atoms with E-state index in [4.69, 9.17) is 5.73 Å². The monoisotopic (exact) mass is 249 g/mol. The normalized spacial score (nSPS) is 21.7. The number of fused-ring (bicyclic) bond motifs is 1. The maximum Gasteiger partial charge on any atom is 0.0702 e. The van der Waals surface area contributed by atoms with Gasteiger partial charge in [0, 0.05) is 35.4 Å². The number of aromatic nitrogens is 2. The van der Waals surface area contributed by atoms with E-state index in [2.05, 4.69) is 46.4 Å². The molecule has 1 aliphatic carbocycles. The van der Waals surface area contributed by atoms with Crippen LogP contribution in [0.1, 0.15) is 17.9 Å². The number of hydrogen-bond acceptors (Lipinski definition) is 2. The fraction of sp³-hybridized carbons (Fsp3) is 0.188. The number of nitrogens with one attached hydrogen (secondary N) is 1. The van der Waals surface area contributed by atoms with Gasteiger partial charge in [0.05, 0.1) is 5.69 Å². The largest absolute Gasteiger partial charge is 0.361 e. The van der Waals surface area contributed by atoms with Gasteiger partial charge in [-0.1, -0.05) is 18.2 Å². The minimum atomic E-state index is 0.336. The van der Waals surface area contributed by atoms with Crippen LogP contribution in [0.2, 0.25) is 0 Å². The summed E-state index contributed by atoms with van der Waals surface area (Å²) in [7, 11) is 0. The van der Waals surface area contributed by atoms with Crippen LogP contribution in [0, 0.1) is 0 Å². The summed E-state index contributed by atoms with van der Waals surface area (Å²) in [4.78, 5) is 7.80. The maximum atomic E-state index is 5.87. The van der Waals surface area contributed by atoms with Gasteiger partial charge in [0.1, 0.15) is 0 Å². The van der Waals surface area contributed by atoms with E-state index in [0.717, 1.165) is 23.2 Å². The number of nitrogens with two attached hydrogens (primary N) is 1. The third kappa shape index (κ3) is 1.83. The first kappa shape index (κ1) is 10.8. The van der Waals surface area contributed by atoms with Gasteiger partial charge in [-0.3, -0.25) is 4.98 Å². The average Bonchev–Trinajstić information content (AvgIpc) is 3.00. The Morgan fingerprint density at radius 3 is 2.79 bits per heavy atom. The lowest BCUT2D eigenvalue weighted by Gasteiger charge is -2.03. The molecule has 2 atom stereocenters. The van der Waals surface area contributed by atoms with Crippen LogP contribution in [0.5, 0.6) is 0 Å². The molecule has 19 heavy (non-hydrogen) atoms. The topological polar surface area (TPSA) is 54.7 Å². The summed E-state index contributed by atoms with van der Waals surface area (Å²) in [6, 6.07) is 13.0. The standard InChI is InChI=1S/C16H15N3/c17-14-8-13(14)12-3-4-15(19-9-12)11-2-1-10-5-6-18-16(10)7-11/h1-7,9,13-14,18H,8,17H2. The number of H-pyrrole nitrogens is 1. The van der Waals surface area contributed by atoms with Crippen LogP contribution in [-0.4, -0.2) is 16.0 Å². The summed E-state index contributed by atoms with van der Waals surface area (Å²) < 4.78 is 0. The molecular weight excluding hydrogens is 234 g/mol. The first-order valence-electron chi connectivity index (χ1n) is 6.60. The molecule has 3 nitrogen and oxygen atoms in total. The second-order valence-corrected chi connectivity index (χ2v) is 5.26. The zero-order valence-corrected chi connectivity index (χ0v) is 10.5. The lowest BCUT2D eigenvalue weighted by molar-refractivity contribution is 0.981. The molecule has 0 amide bonds.